The first-order valence-corrected chi connectivity index (χ1v) is 3.15. The van der Waals surface area contributed by atoms with Crippen molar-refractivity contribution in [2.45, 2.75) is 27.2 Å². The van der Waals surface area contributed by atoms with E-state index >= 15 is 0 Å². The molecule has 0 radical (unpaired) electrons. The number of rotatable bonds is 2. The van der Waals surface area contributed by atoms with E-state index in [-0.39, 0.29) is 0 Å². The van der Waals surface area contributed by atoms with E-state index < -0.39 is 0 Å². The highest BCUT2D eigenvalue weighted by Gasteiger charge is 1.81. The quantitative estimate of drug-likeness (QED) is 0.390. The Bertz CT molecular complexity index is 151. The molecule has 0 nitrogen and oxygen atoms in total. The number of hydrogen-bond acceptors (Lipinski definition) is 0. The van der Waals surface area contributed by atoms with Crippen molar-refractivity contribution >= 4 is 0 Å². The summed E-state index contributed by atoms with van der Waals surface area (Å²) in [6.45, 7) is 9.77. The summed E-state index contributed by atoms with van der Waals surface area (Å²) in [5, 5.41) is 0. The lowest BCUT2D eigenvalue weighted by Crippen LogP contribution is -1.70. The van der Waals surface area contributed by atoms with Gasteiger partial charge in [-0.15, -0.1) is 5.73 Å². The van der Waals surface area contributed by atoms with Gasteiger partial charge in [0.1, 0.15) is 0 Å². The Morgan fingerprint density at radius 1 is 1.44 bits per heavy atom. The monoisotopic (exact) mass is 122 g/mol. The highest BCUT2D eigenvalue weighted by atomic mass is 13.9. The topological polar surface area (TPSA) is 0 Å². The maximum atomic E-state index is 3.55. The first-order chi connectivity index (χ1) is 4.16. The Hall–Kier alpha value is -0.740. The zero-order valence-electron chi connectivity index (χ0n) is 6.49. The molecule has 50 valence electrons. The van der Waals surface area contributed by atoms with Gasteiger partial charge in [-0.3, -0.25) is 0 Å². The first kappa shape index (κ1) is 8.26. The van der Waals surface area contributed by atoms with Crippen molar-refractivity contribution in [3.63, 3.8) is 0 Å². The Balaban J connectivity index is 3.78. The zero-order valence-corrected chi connectivity index (χ0v) is 6.49. The van der Waals surface area contributed by atoms with Gasteiger partial charge in [0, 0.05) is 0 Å². The molecule has 0 heterocycles. The molecular weight excluding hydrogens is 108 g/mol. The maximum Gasteiger partial charge on any atom is -0.00631 e. The molecule has 0 rings (SSSR count). The zero-order chi connectivity index (χ0) is 7.28. The first-order valence-electron chi connectivity index (χ1n) is 3.15. The molecule has 0 heteroatoms. The van der Waals surface area contributed by atoms with Gasteiger partial charge in [0.05, 0.1) is 0 Å². The average Bonchev–Trinajstić information content (AvgIpc) is 1.83. The van der Waals surface area contributed by atoms with Gasteiger partial charge in [-0.2, -0.15) is 0 Å². The van der Waals surface area contributed by atoms with E-state index in [2.05, 4.69) is 32.2 Å². The van der Waals surface area contributed by atoms with Crippen molar-refractivity contribution in [2.24, 2.45) is 0 Å². The molecule has 0 aromatic rings. The minimum atomic E-state index is 0.992. The molecule has 0 atom stereocenters. The summed E-state index contributed by atoms with van der Waals surface area (Å²) in [5.74, 6) is 0. The Labute approximate surface area is 57.6 Å². The second-order valence-corrected chi connectivity index (χ2v) is 2.44. The molecule has 0 bridgehead atoms. The SMILES string of the molecule is C=C=C(C)CC=C(C)C. The van der Waals surface area contributed by atoms with Crippen molar-refractivity contribution < 1.29 is 0 Å². The molecule has 0 aliphatic rings. The minimum absolute atomic E-state index is 0.992. The van der Waals surface area contributed by atoms with E-state index in [1.54, 1.807) is 0 Å². The molecule has 0 N–H and O–H groups in total. The van der Waals surface area contributed by atoms with Gasteiger partial charge in [0.25, 0.3) is 0 Å². The lowest BCUT2D eigenvalue weighted by atomic mass is 10.2. The van der Waals surface area contributed by atoms with Gasteiger partial charge in [-0.05, 0) is 32.8 Å². The highest BCUT2D eigenvalue weighted by Crippen LogP contribution is 2.00. The Morgan fingerprint density at radius 2 is 2.00 bits per heavy atom. The second-order valence-electron chi connectivity index (χ2n) is 2.44. The third kappa shape index (κ3) is 5.13. The van der Waals surface area contributed by atoms with Gasteiger partial charge < -0.3 is 0 Å². The molecule has 0 amide bonds. The fourth-order valence-electron chi connectivity index (χ4n) is 0.429. The number of allylic oxidation sites excluding steroid dienone is 3. The molecule has 0 saturated carbocycles. The summed E-state index contributed by atoms with van der Waals surface area (Å²) in [6, 6.07) is 0. The van der Waals surface area contributed by atoms with Crippen molar-refractivity contribution in [1.82, 2.24) is 0 Å². The molecule has 0 fully saturated rings. The standard InChI is InChI=1S/C9H14/c1-5-9(4)7-6-8(2)3/h6H,1,7H2,2-4H3. The molecule has 0 saturated heterocycles. The third-order valence-electron chi connectivity index (χ3n) is 1.12. The van der Waals surface area contributed by atoms with E-state index in [4.69, 9.17) is 0 Å². The van der Waals surface area contributed by atoms with Gasteiger partial charge >= 0.3 is 0 Å². The molecule has 0 spiro atoms. The Morgan fingerprint density at radius 3 is 2.33 bits per heavy atom. The van der Waals surface area contributed by atoms with Crippen molar-refractivity contribution in [2.75, 3.05) is 0 Å². The lowest BCUT2D eigenvalue weighted by Gasteiger charge is -1.89. The van der Waals surface area contributed by atoms with Crippen LogP contribution < -0.4 is 0 Å². The highest BCUT2D eigenvalue weighted by molar-refractivity contribution is 5.05. The van der Waals surface area contributed by atoms with Crippen LogP contribution in [0.3, 0.4) is 0 Å². The molecule has 0 aliphatic heterocycles. The van der Waals surface area contributed by atoms with Crippen molar-refractivity contribution in [3.8, 4) is 0 Å². The molecule has 0 aromatic carbocycles. The predicted octanol–water partition coefficient (Wildman–Crippen LogP) is 3.07. The van der Waals surface area contributed by atoms with E-state index in [1.807, 2.05) is 6.92 Å². The summed E-state index contributed by atoms with van der Waals surface area (Å²) in [4.78, 5) is 0. The number of hydrogen-bond donors (Lipinski definition) is 0. The van der Waals surface area contributed by atoms with E-state index in [0.29, 0.717) is 0 Å². The fourth-order valence-corrected chi connectivity index (χ4v) is 0.429. The normalized spacial score (nSPS) is 7.89. The summed E-state index contributed by atoms with van der Waals surface area (Å²) < 4.78 is 0. The summed E-state index contributed by atoms with van der Waals surface area (Å²) in [7, 11) is 0. The van der Waals surface area contributed by atoms with Crippen LogP contribution >= 0.6 is 0 Å². The van der Waals surface area contributed by atoms with Gasteiger partial charge in [-0.25, -0.2) is 0 Å². The second kappa shape index (κ2) is 4.17. The largest absolute Gasteiger partial charge is 0.130 e. The minimum Gasteiger partial charge on any atom is -0.130 e. The van der Waals surface area contributed by atoms with Crippen LogP contribution in [-0.2, 0) is 0 Å². The molecular formula is C9H14. The van der Waals surface area contributed by atoms with Crippen molar-refractivity contribution in [3.05, 3.63) is 29.5 Å². The van der Waals surface area contributed by atoms with E-state index in [0.717, 1.165) is 6.42 Å². The predicted molar refractivity (Wildman–Crippen MR) is 42.4 cm³/mol. The Kier molecular flexibility index (Phi) is 3.83. The molecule has 0 unspecified atom stereocenters. The third-order valence-corrected chi connectivity index (χ3v) is 1.12. The van der Waals surface area contributed by atoms with Crippen LogP contribution in [0.15, 0.2) is 29.5 Å². The molecule has 0 aromatic heterocycles. The maximum absolute atomic E-state index is 3.55. The van der Waals surface area contributed by atoms with Gasteiger partial charge in [0.15, 0.2) is 0 Å². The summed E-state index contributed by atoms with van der Waals surface area (Å²) in [6.07, 6.45) is 3.17. The lowest BCUT2D eigenvalue weighted by molar-refractivity contribution is 1.18. The van der Waals surface area contributed by atoms with Crippen LogP contribution in [-0.4, -0.2) is 0 Å². The smallest absolute Gasteiger partial charge is 0.00631 e. The summed E-state index contributed by atoms with van der Waals surface area (Å²) in [5.41, 5.74) is 5.40. The van der Waals surface area contributed by atoms with Crippen LogP contribution in [0, 0.1) is 0 Å². The van der Waals surface area contributed by atoms with Crippen LogP contribution in [0.5, 0.6) is 0 Å². The average molecular weight is 122 g/mol. The van der Waals surface area contributed by atoms with Crippen molar-refractivity contribution in [1.29, 1.82) is 0 Å². The summed E-state index contributed by atoms with van der Waals surface area (Å²) >= 11 is 0. The van der Waals surface area contributed by atoms with Crippen LogP contribution in [0.1, 0.15) is 27.2 Å². The van der Waals surface area contributed by atoms with Gasteiger partial charge in [-0.1, -0.05) is 18.2 Å². The fraction of sp³-hybridized carbons (Fsp3) is 0.444. The molecule has 0 aliphatic carbocycles. The van der Waals surface area contributed by atoms with Crippen LogP contribution in [0.4, 0.5) is 0 Å². The molecule has 9 heavy (non-hydrogen) atoms. The van der Waals surface area contributed by atoms with E-state index in [9.17, 15) is 0 Å². The van der Waals surface area contributed by atoms with Crippen LogP contribution in [0.2, 0.25) is 0 Å². The van der Waals surface area contributed by atoms with Gasteiger partial charge in [0.2, 0.25) is 0 Å². The van der Waals surface area contributed by atoms with Crippen LogP contribution in [0.25, 0.3) is 0 Å². The van der Waals surface area contributed by atoms with E-state index in [1.165, 1.54) is 11.1 Å².